The molecule has 0 aliphatic rings. The van der Waals surface area contributed by atoms with Crippen molar-refractivity contribution in [2.45, 2.75) is 12.1 Å². The third-order valence-electron chi connectivity index (χ3n) is 5.11. The van der Waals surface area contributed by atoms with Gasteiger partial charge in [-0.15, -0.1) is 0 Å². The topological polar surface area (TPSA) is 41.2 Å². The van der Waals surface area contributed by atoms with E-state index < -0.39 is 5.60 Å². The first-order valence-electron chi connectivity index (χ1n) is 9.59. The van der Waals surface area contributed by atoms with E-state index in [1.54, 1.807) is 0 Å². The molecule has 0 radical (unpaired) electrons. The summed E-state index contributed by atoms with van der Waals surface area (Å²) in [6, 6.07) is 32.3. The number of pyridine rings is 1. The summed E-state index contributed by atoms with van der Waals surface area (Å²) in [5.74, 6) is 0.0460. The molecule has 0 aliphatic carbocycles. The molecule has 3 nitrogen and oxygen atoms in total. The maximum absolute atomic E-state index is 12.5. The number of carbonyl (C=O) groups excluding carboxylic acids is 1. The maximum Gasteiger partial charge on any atom is 0.227 e. The first-order chi connectivity index (χ1) is 14.2. The molecule has 1 heterocycles. The van der Waals surface area contributed by atoms with Gasteiger partial charge in [-0.05, 0) is 11.1 Å². The number of carbonyl (C=O) groups is 1. The summed E-state index contributed by atoms with van der Waals surface area (Å²) in [5, 5.41) is 11.8. The van der Waals surface area contributed by atoms with Crippen LogP contribution >= 0.6 is 0 Å². The number of ketones is 1. The molecule has 0 saturated carbocycles. The van der Waals surface area contributed by atoms with Gasteiger partial charge < -0.3 is 5.11 Å². The predicted molar refractivity (Wildman–Crippen MR) is 112 cm³/mol. The van der Waals surface area contributed by atoms with E-state index in [0.717, 1.165) is 16.7 Å². The number of aliphatic hydroxyl groups is 1. The Hall–Kier alpha value is -3.56. The van der Waals surface area contributed by atoms with Crippen LogP contribution in [0.3, 0.4) is 0 Å². The monoisotopic (exact) mass is 380 g/mol. The van der Waals surface area contributed by atoms with Crippen molar-refractivity contribution in [1.29, 1.82) is 0 Å². The second kappa shape index (κ2) is 8.21. The molecule has 29 heavy (non-hydrogen) atoms. The van der Waals surface area contributed by atoms with Gasteiger partial charge in [0.25, 0.3) is 0 Å². The Bertz CT molecular complexity index is 1040. The zero-order valence-electron chi connectivity index (χ0n) is 16.0. The number of hydrogen-bond acceptors (Lipinski definition) is 2. The number of aromatic nitrogens is 1. The normalized spacial score (nSPS) is 11.2. The van der Waals surface area contributed by atoms with Gasteiger partial charge in [-0.25, -0.2) is 0 Å². The maximum atomic E-state index is 12.5. The van der Waals surface area contributed by atoms with Gasteiger partial charge in [-0.2, -0.15) is 4.57 Å². The van der Waals surface area contributed by atoms with Crippen LogP contribution in [0.1, 0.15) is 27.0 Å². The molecule has 3 heteroatoms. The van der Waals surface area contributed by atoms with Crippen molar-refractivity contribution in [3.8, 4) is 0 Å². The third-order valence-corrected chi connectivity index (χ3v) is 5.11. The van der Waals surface area contributed by atoms with Crippen LogP contribution in [0.2, 0.25) is 0 Å². The summed E-state index contributed by atoms with van der Waals surface area (Å²) in [4.78, 5) is 12.5. The fourth-order valence-corrected chi connectivity index (χ4v) is 3.54. The third kappa shape index (κ3) is 3.86. The summed E-state index contributed by atoms with van der Waals surface area (Å²) in [5.41, 5.74) is 1.76. The van der Waals surface area contributed by atoms with Crippen LogP contribution in [0.15, 0.2) is 116 Å². The Morgan fingerprint density at radius 1 is 0.655 bits per heavy atom. The molecule has 0 bridgehead atoms. The minimum absolute atomic E-state index is 0.0460. The number of hydrogen-bond donors (Lipinski definition) is 1. The standard InChI is InChI=1S/C26H22NO2/c28-25(21-10-4-1-5-11-21)20-27-18-16-24(17-19-27)26(29,22-12-6-2-7-13-22)23-14-8-3-9-15-23/h1-19,29H,20H2/q+1. The summed E-state index contributed by atoms with van der Waals surface area (Å²) in [6.45, 7) is 0.249. The van der Waals surface area contributed by atoms with Gasteiger partial charge in [-0.3, -0.25) is 4.79 Å². The Morgan fingerprint density at radius 3 is 1.55 bits per heavy atom. The van der Waals surface area contributed by atoms with Crippen LogP contribution in [0.25, 0.3) is 0 Å². The van der Waals surface area contributed by atoms with E-state index in [4.69, 9.17) is 0 Å². The van der Waals surface area contributed by atoms with Crippen LogP contribution in [0.5, 0.6) is 0 Å². The first kappa shape index (κ1) is 18.8. The molecule has 0 fully saturated rings. The zero-order chi connectivity index (χ0) is 20.1. The molecule has 0 atom stereocenters. The van der Waals surface area contributed by atoms with Gasteiger partial charge >= 0.3 is 0 Å². The van der Waals surface area contributed by atoms with Crippen molar-refractivity contribution >= 4 is 5.78 Å². The molecule has 0 aliphatic heterocycles. The van der Waals surface area contributed by atoms with E-state index in [9.17, 15) is 9.90 Å². The number of benzene rings is 3. The number of Topliss-reactive ketones (excluding diaryl/α,β-unsaturated/α-hetero) is 1. The van der Waals surface area contributed by atoms with Crippen molar-refractivity contribution in [3.05, 3.63) is 138 Å². The second-order valence-electron chi connectivity index (χ2n) is 6.99. The Balaban J connectivity index is 1.67. The fraction of sp³-hybridized carbons (Fsp3) is 0.0769. The van der Waals surface area contributed by atoms with Crippen molar-refractivity contribution in [2.24, 2.45) is 0 Å². The quantitative estimate of drug-likeness (QED) is 0.403. The highest BCUT2D eigenvalue weighted by Gasteiger charge is 2.34. The highest BCUT2D eigenvalue weighted by molar-refractivity contribution is 5.94. The van der Waals surface area contributed by atoms with Gasteiger partial charge in [0.15, 0.2) is 12.4 Å². The van der Waals surface area contributed by atoms with Gasteiger partial charge in [0.05, 0.1) is 0 Å². The smallest absolute Gasteiger partial charge is 0.227 e. The van der Waals surface area contributed by atoms with E-state index in [0.29, 0.717) is 5.56 Å². The minimum Gasteiger partial charge on any atom is -0.376 e. The zero-order valence-corrected chi connectivity index (χ0v) is 16.0. The molecule has 0 unspecified atom stereocenters. The molecule has 0 spiro atoms. The van der Waals surface area contributed by atoms with Crippen LogP contribution in [-0.2, 0) is 12.1 Å². The van der Waals surface area contributed by atoms with E-state index in [-0.39, 0.29) is 12.3 Å². The van der Waals surface area contributed by atoms with Gasteiger partial charge in [0.2, 0.25) is 12.3 Å². The number of rotatable bonds is 6. The Labute approximate surface area is 170 Å². The molecule has 4 aromatic rings. The summed E-state index contributed by atoms with van der Waals surface area (Å²) in [6.07, 6.45) is 3.68. The lowest BCUT2D eigenvalue weighted by Crippen LogP contribution is -2.38. The SMILES string of the molecule is O=C(C[n+]1ccc(C(O)(c2ccccc2)c2ccccc2)cc1)c1ccccc1. The van der Waals surface area contributed by atoms with E-state index >= 15 is 0 Å². The Kier molecular flexibility index (Phi) is 5.32. The molecule has 1 N–H and O–H groups in total. The molecule has 0 amide bonds. The predicted octanol–water partition coefficient (Wildman–Crippen LogP) is 4.14. The van der Waals surface area contributed by atoms with E-state index in [1.165, 1.54) is 0 Å². The van der Waals surface area contributed by atoms with Crippen molar-refractivity contribution in [1.82, 2.24) is 0 Å². The summed E-state index contributed by atoms with van der Waals surface area (Å²) in [7, 11) is 0. The minimum atomic E-state index is -1.27. The molecular weight excluding hydrogens is 358 g/mol. The average molecular weight is 380 g/mol. The molecule has 0 saturated heterocycles. The van der Waals surface area contributed by atoms with Crippen LogP contribution in [-0.4, -0.2) is 10.9 Å². The van der Waals surface area contributed by atoms with Crippen LogP contribution in [0, 0.1) is 0 Å². The van der Waals surface area contributed by atoms with Crippen molar-refractivity contribution in [3.63, 3.8) is 0 Å². The van der Waals surface area contributed by atoms with E-state index in [2.05, 4.69) is 0 Å². The molecule has 142 valence electrons. The van der Waals surface area contributed by atoms with Gasteiger partial charge in [0, 0.05) is 23.3 Å². The van der Waals surface area contributed by atoms with Gasteiger partial charge in [0.1, 0.15) is 5.60 Å². The van der Waals surface area contributed by atoms with Crippen LogP contribution < -0.4 is 4.57 Å². The summed E-state index contributed by atoms with van der Waals surface area (Å²) < 4.78 is 1.83. The first-order valence-corrected chi connectivity index (χ1v) is 9.59. The lowest BCUT2D eigenvalue weighted by molar-refractivity contribution is -0.683. The lowest BCUT2D eigenvalue weighted by Gasteiger charge is -2.29. The molecule has 4 rings (SSSR count). The second-order valence-corrected chi connectivity index (χ2v) is 6.99. The number of nitrogens with zero attached hydrogens (tertiary/aromatic N) is 1. The van der Waals surface area contributed by atoms with Crippen molar-refractivity contribution in [2.75, 3.05) is 0 Å². The molecule has 1 aromatic heterocycles. The molecule has 3 aromatic carbocycles. The largest absolute Gasteiger partial charge is 0.376 e. The van der Waals surface area contributed by atoms with Crippen molar-refractivity contribution < 1.29 is 14.5 Å². The highest BCUT2D eigenvalue weighted by atomic mass is 16.3. The average Bonchev–Trinajstić information content (AvgIpc) is 2.81. The van der Waals surface area contributed by atoms with Crippen LogP contribution in [0.4, 0.5) is 0 Å². The van der Waals surface area contributed by atoms with E-state index in [1.807, 2.05) is 120 Å². The Morgan fingerprint density at radius 2 is 1.07 bits per heavy atom. The summed E-state index contributed by atoms with van der Waals surface area (Å²) >= 11 is 0. The fourth-order valence-electron chi connectivity index (χ4n) is 3.54. The van der Waals surface area contributed by atoms with Gasteiger partial charge in [-0.1, -0.05) is 91.0 Å². The molecular formula is C26H22NO2+. The highest BCUT2D eigenvalue weighted by Crippen LogP contribution is 2.35. The lowest BCUT2D eigenvalue weighted by atomic mass is 9.81.